The molecule has 0 N–H and O–H groups in total. The fourth-order valence-electron chi connectivity index (χ4n) is 2.96. The highest BCUT2D eigenvalue weighted by molar-refractivity contribution is 6.00. The van der Waals surface area contributed by atoms with Crippen LogP contribution in [0.5, 0.6) is 0 Å². The number of carbonyl (C=O) groups excluding carboxylic acids is 2. The Morgan fingerprint density at radius 3 is 1.74 bits per heavy atom. The van der Waals surface area contributed by atoms with Gasteiger partial charge in [-0.1, -0.05) is 13.8 Å². The standard InChI is InChI=1S/C22H36N2O3/c1-8-23(9-2)21(25)19-11-18(15-27-17(6)7)12-20(13-19)22(26)24(10-3)14-16(4)5/h11-13,16-17H,8-10,14-15H2,1-7H3. The largest absolute Gasteiger partial charge is 0.374 e. The molecule has 0 unspecified atom stereocenters. The lowest BCUT2D eigenvalue weighted by Gasteiger charge is -2.24. The Bertz CT molecular complexity index is 622. The lowest BCUT2D eigenvalue weighted by molar-refractivity contribution is 0.0653. The molecular weight excluding hydrogens is 340 g/mol. The van der Waals surface area contributed by atoms with E-state index in [1.807, 2.05) is 51.7 Å². The number of nitrogens with zero attached hydrogens (tertiary/aromatic N) is 2. The van der Waals surface area contributed by atoms with Crippen molar-refractivity contribution < 1.29 is 14.3 Å². The quantitative estimate of drug-likeness (QED) is 0.614. The zero-order chi connectivity index (χ0) is 20.6. The van der Waals surface area contributed by atoms with Gasteiger partial charge < -0.3 is 14.5 Å². The first-order chi connectivity index (χ1) is 12.7. The van der Waals surface area contributed by atoms with Gasteiger partial charge in [-0.05, 0) is 64.3 Å². The van der Waals surface area contributed by atoms with E-state index in [1.165, 1.54) is 0 Å². The third kappa shape index (κ3) is 6.98. The van der Waals surface area contributed by atoms with Crippen LogP contribution in [0.25, 0.3) is 0 Å². The van der Waals surface area contributed by atoms with Gasteiger partial charge >= 0.3 is 0 Å². The van der Waals surface area contributed by atoms with E-state index in [1.54, 1.807) is 11.0 Å². The summed E-state index contributed by atoms with van der Waals surface area (Å²) in [6, 6.07) is 5.43. The van der Waals surface area contributed by atoms with Crippen molar-refractivity contribution >= 4 is 11.8 Å². The summed E-state index contributed by atoms with van der Waals surface area (Å²) in [5.41, 5.74) is 1.95. The molecule has 0 spiro atoms. The van der Waals surface area contributed by atoms with Crippen LogP contribution in [-0.4, -0.2) is 53.9 Å². The van der Waals surface area contributed by atoms with E-state index in [4.69, 9.17) is 4.74 Å². The highest BCUT2D eigenvalue weighted by Gasteiger charge is 2.20. The van der Waals surface area contributed by atoms with Crippen molar-refractivity contribution in [2.75, 3.05) is 26.2 Å². The molecule has 0 atom stereocenters. The molecule has 0 radical (unpaired) electrons. The first-order valence-electron chi connectivity index (χ1n) is 10.1. The summed E-state index contributed by atoms with van der Waals surface area (Å²) in [6.45, 7) is 17.0. The minimum atomic E-state index is -0.0487. The second-order valence-corrected chi connectivity index (χ2v) is 7.49. The molecule has 27 heavy (non-hydrogen) atoms. The van der Waals surface area contributed by atoms with Crippen LogP contribution in [0.4, 0.5) is 0 Å². The number of amides is 2. The van der Waals surface area contributed by atoms with Crippen molar-refractivity contribution in [2.24, 2.45) is 5.92 Å². The van der Waals surface area contributed by atoms with Gasteiger partial charge in [0, 0.05) is 37.3 Å². The van der Waals surface area contributed by atoms with Crippen molar-refractivity contribution in [1.82, 2.24) is 9.80 Å². The molecule has 1 rings (SSSR count). The fourth-order valence-corrected chi connectivity index (χ4v) is 2.96. The van der Waals surface area contributed by atoms with Gasteiger partial charge in [0.05, 0.1) is 12.7 Å². The third-order valence-electron chi connectivity index (χ3n) is 4.38. The van der Waals surface area contributed by atoms with Gasteiger partial charge in [0.2, 0.25) is 0 Å². The Hall–Kier alpha value is -1.88. The maximum Gasteiger partial charge on any atom is 0.253 e. The minimum Gasteiger partial charge on any atom is -0.374 e. The van der Waals surface area contributed by atoms with Gasteiger partial charge in [-0.15, -0.1) is 0 Å². The first-order valence-corrected chi connectivity index (χ1v) is 10.1. The number of carbonyl (C=O) groups is 2. The van der Waals surface area contributed by atoms with E-state index < -0.39 is 0 Å². The number of hydrogen-bond acceptors (Lipinski definition) is 3. The van der Waals surface area contributed by atoms with Crippen molar-refractivity contribution in [3.8, 4) is 0 Å². The second-order valence-electron chi connectivity index (χ2n) is 7.49. The highest BCUT2D eigenvalue weighted by atomic mass is 16.5. The summed E-state index contributed by atoms with van der Waals surface area (Å²) in [5.74, 6) is 0.302. The lowest BCUT2D eigenvalue weighted by atomic mass is 10.0. The van der Waals surface area contributed by atoms with Gasteiger partial charge in [0.1, 0.15) is 0 Å². The van der Waals surface area contributed by atoms with Gasteiger partial charge in [0.15, 0.2) is 0 Å². The molecular formula is C22H36N2O3. The van der Waals surface area contributed by atoms with Crippen LogP contribution in [0.15, 0.2) is 18.2 Å². The van der Waals surface area contributed by atoms with Crippen LogP contribution in [0, 0.1) is 5.92 Å². The zero-order valence-electron chi connectivity index (χ0n) is 18.0. The van der Waals surface area contributed by atoms with Crippen molar-refractivity contribution in [1.29, 1.82) is 0 Å². The summed E-state index contributed by atoms with van der Waals surface area (Å²) < 4.78 is 5.71. The van der Waals surface area contributed by atoms with Gasteiger partial charge in [-0.3, -0.25) is 9.59 Å². The monoisotopic (exact) mass is 376 g/mol. The van der Waals surface area contributed by atoms with E-state index in [0.29, 0.717) is 49.8 Å². The Morgan fingerprint density at radius 2 is 1.33 bits per heavy atom. The number of rotatable bonds is 10. The zero-order valence-corrected chi connectivity index (χ0v) is 18.0. The molecule has 0 aliphatic carbocycles. The average Bonchev–Trinajstić information content (AvgIpc) is 2.64. The maximum atomic E-state index is 13.0. The van der Waals surface area contributed by atoms with E-state index in [2.05, 4.69) is 13.8 Å². The maximum absolute atomic E-state index is 13.0. The number of ether oxygens (including phenoxy) is 1. The van der Waals surface area contributed by atoms with Crippen LogP contribution >= 0.6 is 0 Å². The van der Waals surface area contributed by atoms with Crippen LogP contribution in [-0.2, 0) is 11.3 Å². The van der Waals surface area contributed by atoms with Crippen molar-refractivity contribution in [3.63, 3.8) is 0 Å². The highest BCUT2D eigenvalue weighted by Crippen LogP contribution is 2.17. The predicted molar refractivity (Wildman–Crippen MR) is 110 cm³/mol. The SMILES string of the molecule is CCN(CC)C(=O)c1cc(COC(C)C)cc(C(=O)N(CC)CC(C)C)c1. The summed E-state index contributed by atoms with van der Waals surface area (Å²) in [6.07, 6.45) is 0.0828. The summed E-state index contributed by atoms with van der Waals surface area (Å²) >= 11 is 0. The molecule has 0 heterocycles. The molecule has 152 valence electrons. The molecule has 1 aromatic rings. The lowest BCUT2D eigenvalue weighted by Crippen LogP contribution is -2.34. The van der Waals surface area contributed by atoms with E-state index in [-0.39, 0.29) is 17.9 Å². The molecule has 5 heteroatoms. The molecule has 0 saturated heterocycles. The summed E-state index contributed by atoms with van der Waals surface area (Å²) in [7, 11) is 0. The smallest absolute Gasteiger partial charge is 0.253 e. The van der Waals surface area contributed by atoms with E-state index in [9.17, 15) is 9.59 Å². The molecule has 2 amide bonds. The Labute approximate surface area is 164 Å². The average molecular weight is 377 g/mol. The summed E-state index contributed by atoms with van der Waals surface area (Å²) in [4.78, 5) is 29.5. The van der Waals surface area contributed by atoms with E-state index >= 15 is 0 Å². The fraction of sp³-hybridized carbons (Fsp3) is 0.636. The van der Waals surface area contributed by atoms with Crippen molar-refractivity contribution in [2.45, 2.75) is 61.2 Å². The molecule has 0 fully saturated rings. The van der Waals surface area contributed by atoms with Gasteiger partial charge in [-0.25, -0.2) is 0 Å². The van der Waals surface area contributed by atoms with Crippen molar-refractivity contribution in [3.05, 3.63) is 34.9 Å². The van der Waals surface area contributed by atoms with Crippen LogP contribution in [0.2, 0.25) is 0 Å². The molecule has 0 aliphatic rings. The first kappa shape index (κ1) is 23.2. The van der Waals surface area contributed by atoms with Crippen LogP contribution in [0.3, 0.4) is 0 Å². The normalized spacial score (nSPS) is 11.1. The van der Waals surface area contributed by atoms with E-state index in [0.717, 1.165) is 5.56 Å². The molecule has 5 nitrogen and oxygen atoms in total. The third-order valence-corrected chi connectivity index (χ3v) is 4.38. The second kappa shape index (κ2) is 11.1. The Kier molecular flexibility index (Phi) is 9.50. The molecule has 1 aromatic carbocycles. The van der Waals surface area contributed by atoms with Crippen LogP contribution in [0.1, 0.15) is 74.7 Å². The van der Waals surface area contributed by atoms with Gasteiger partial charge in [-0.2, -0.15) is 0 Å². The topological polar surface area (TPSA) is 49.9 Å². The summed E-state index contributed by atoms with van der Waals surface area (Å²) in [5, 5.41) is 0. The predicted octanol–water partition coefficient (Wildman–Crippen LogP) is 4.21. The van der Waals surface area contributed by atoms with Gasteiger partial charge in [0.25, 0.3) is 11.8 Å². The Balaban J connectivity index is 3.28. The number of hydrogen-bond donors (Lipinski definition) is 0. The Morgan fingerprint density at radius 1 is 0.852 bits per heavy atom. The number of benzene rings is 1. The van der Waals surface area contributed by atoms with Crippen LogP contribution < -0.4 is 0 Å². The molecule has 0 aromatic heterocycles. The molecule has 0 aliphatic heterocycles. The molecule has 0 bridgehead atoms. The minimum absolute atomic E-state index is 0.0359. The molecule has 0 saturated carbocycles.